The number of hydrogen-bond donors (Lipinski definition) is 1. The van der Waals surface area contributed by atoms with Crippen LogP contribution in [0.5, 0.6) is 11.5 Å². The number of benzene rings is 1. The van der Waals surface area contributed by atoms with E-state index in [4.69, 9.17) is 9.47 Å². The number of carbonyl (C=O) groups excluding carboxylic acids is 1. The molecule has 1 saturated heterocycles. The molecule has 1 atom stereocenters. The summed E-state index contributed by atoms with van der Waals surface area (Å²) in [6.45, 7) is 6.55. The number of rotatable bonds is 7. The monoisotopic (exact) mass is 320 g/mol. The first kappa shape index (κ1) is 17.4. The van der Waals surface area contributed by atoms with Gasteiger partial charge in [0.05, 0.1) is 13.2 Å². The maximum Gasteiger partial charge on any atom is 0.317 e. The van der Waals surface area contributed by atoms with Crippen LogP contribution in [-0.4, -0.2) is 43.3 Å². The number of ether oxygens (including phenoxy) is 2. The van der Waals surface area contributed by atoms with Crippen LogP contribution in [0.15, 0.2) is 24.3 Å². The van der Waals surface area contributed by atoms with Gasteiger partial charge in [0.1, 0.15) is 18.1 Å². The van der Waals surface area contributed by atoms with E-state index >= 15 is 0 Å². The van der Waals surface area contributed by atoms with Crippen molar-refractivity contribution in [2.75, 3.05) is 26.3 Å². The van der Waals surface area contributed by atoms with E-state index < -0.39 is 0 Å². The highest BCUT2D eigenvalue weighted by molar-refractivity contribution is 5.74. The zero-order valence-corrected chi connectivity index (χ0v) is 14.2. The summed E-state index contributed by atoms with van der Waals surface area (Å²) < 4.78 is 11.1. The van der Waals surface area contributed by atoms with Gasteiger partial charge in [-0.2, -0.15) is 0 Å². The first-order chi connectivity index (χ1) is 11.2. The maximum atomic E-state index is 12.3. The first-order valence-electron chi connectivity index (χ1n) is 8.64. The van der Waals surface area contributed by atoms with Gasteiger partial charge in [0, 0.05) is 18.7 Å². The summed E-state index contributed by atoms with van der Waals surface area (Å²) in [5, 5.41) is 2.96. The number of piperidine rings is 1. The van der Waals surface area contributed by atoms with Crippen LogP contribution in [0, 0.1) is 0 Å². The molecule has 2 rings (SSSR count). The van der Waals surface area contributed by atoms with E-state index in [9.17, 15) is 4.79 Å². The van der Waals surface area contributed by atoms with Gasteiger partial charge in [-0.3, -0.25) is 0 Å². The zero-order valence-electron chi connectivity index (χ0n) is 14.2. The number of carbonyl (C=O) groups is 1. The van der Waals surface area contributed by atoms with Gasteiger partial charge in [-0.05, 0) is 44.7 Å². The minimum absolute atomic E-state index is 0.0308. The summed E-state index contributed by atoms with van der Waals surface area (Å²) in [7, 11) is 0. The van der Waals surface area contributed by atoms with E-state index in [2.05, 4.69) is 12.2 Å². The lowest BCUT2D eigenvalue weighted by atomic mass is 10.0. The Balaban J connectivity index is 1.72. The summed E-state index contributed by atoms with van der Waals surface area (Å²) in [6.07, 6.45) is 4.46. The number of nitrogens with one attached hydrogen (secondary N) is 1. The standard InChI is InChI=1S/C18H28N2O3/c1-3-15-8-5-6-12-20(15)18(21)19-11-13-23-17-10-7-9-16(14-17)22-4-2/h7,9-10,14-15H,3-6,8,11-13H2,1-2H3,(H,19,21). The van der Waals surface area contributed by atoms with Crippen molar-refractivity contribution >= 4 is 6.03 Å². The molecule has 5 nitrogen and oxygen atoms in total. The minimum atomic E-state index is 0.0308. The lowest BCUT2D eigenvalue weighted by Crippen LogP contribution is -2.49. The molecule has 0 radical (unpaired) electrons. The Morgan fingerprint density at radius 1 is 1.26 bits per heavy atom. The van der Waals surface area contributed by atoms with Gasteiger partial charge in [-0.25, -0.2) is 4.79 Å². The summed E-state index contributed by atoms with van der Waals surface area (Å²) in [5.41, 5.74) is 0. The zero-order chi connectivity index (χ0) is 16.5. The third-order valence-electron chi connectivity index (χ3n) is 4.12. The Morgan fingerprint density at radius 3 is 2.78 bits per heavy atom. The molecule has 1 aliphatic heterocycles. The van der Waals surface area contributed by atoms with Crippen LogP contribution in [0.25, 0.3) is 0 Å². The van der Waals surface area contributed by atoms with Crippen molar-refractivity contribution < 1.29 is 14.3 Å². The molecule has 1 fully saturated rings. The second-order valence-electron chi connectivity index (χ2n) is 5.74. The number of hydrogen-bond acceptors (Lipinski definition) is 3. The smallest absolute Gasteiger partial charge is 0.317 e. The molecular formula is C18H28N2O3. The molecule has 1 heterocycles. The molecule has 128 valence electrons. The van der Waals surface area contributed by atoms with Gasteiger partial charge in [0.15, 0.2) is 0 Å². The minimum Gasteiger partial charge on any atom is -0.494 e. The molecule has 0 aliphatic carbocycles. The van der Waals surface area contributed by atoms with E-state index in [1.165, 1.54) is 6.42 Å². The fourth-order valence-corrected chi connectivity index (χ4v) is 2.94. The van der Waals surface area contributed by atoms with E-state index in [0.717, 1.165) is 37.3 Å². The summed E-state index contributed by atoms with van der Waals surface area (Å²) >= 11 is 0. The number of amides is 2. The van der Waals surface area contributed by atoms with Crippen molar-refractivity contribution in [3.05, 3.63) is 24.3 Å². The topological polar surface area (TPSA) is 50.8 Å². The van der Waals surface area contributed by atoms with Gasteiger partial charge in [-0.15, -0.1) is 0 Å². The predicted molar refractivity (Wildman–Crippen MR) is 91.1 cm³/mol. The molecule has 1 N–H and O–H groups in total. The molecule has 0 spiro atoms. The Bertz CT molecular complexity index is 493. The average molecular weight is 320 g/mol. The molecule has 0 saturated carbocycles. The van der Waals surface area contributed by atoms with Crippen molar-refractivity contribution in [3.63, 3.8) is 0 Å². The van der Waals surface area contributed by atoms with E-state index in [1.54, 1.807) is 0 Å². The van der Waals surface area contributed by atoms with Crippen LogP contribution in [0.4, 0.5) is 4.79 Å². The molecule has 1 aromatic carbocycles. The lowest BCUT2D eigenvalue weighted by molar-refractivity contribution is 0.147. The molecule has 2 amide bonds. The van der Waals surface area contributed by atoms with Crippen LogP contribution in [0.3, 0.4) is 0 Å². The molecule has 1 aliphatic rings. The first-order valence-corrected chi connectivity index (χ1v) is 8.64. The maximum absolute atomic E-state index is 12.3. The van der Waals surface area contributed by atoms with Crippen molar-refractivity contribution in [2.24, 2.45) is 0 Å². The SMILES string of the molecule is CCOc1cccc(OCCNC(=O)N2CCCCC2CC)c1. The van der Waals surface area contributed by atoms with Crippen LogP contribution >= 0.6 is 0 Å². The molecule has 5 heteroatoms. The molecular weight excluding hydrogens is 292 g/mol. The van der Waals surface area contributed by atoms with E-state index in [1.807, 2.05) is 36.1 Å². The quantitative estimate of drug-likeness (QED) is 0.783. The van der Waals surface area contributed by atoms with Crippen molar-refractivity contribution in [1.82, 2.24) is 10.2 Å². The van der Waals surface area contributed by atoms with Gasteiger partial charge in [0.2, 0.25) is 0 Å². The fraction of sp³-hybridized carbons (Fsp3) is 0.611. The second-order valence-corrected chi connectivity index (χ2v) is 5.74. The third kappa shape index (κ3) is 5.34. The van der Waals surface area contributed by atoms with Crippen molar-refractivity contribution in [2.45, 2.75) is 45.6 Å². The van der Waals surface area contributed by atoms with Crippen molar-refractivity contribution in [3.8, 4) is 11.5 Å². The van der Waals surface area contributed by atoms with Crippen LogP contribution in [0.2, 0.25) is 0 Å². The van der Waals surface area contributed by atoms with E-state index in [0.29, 0.717) is 25.8 Å². The Labute approximate surface area is 139 Å². The highest BCUT2D eigenvalue weighted by Crippen LogP contribution is 2.20. The highest BCUT2D eigenvalue weighted by Gasteiger charge is 2.24. The lowest BCUT2D eigenvalue weighted by Gasteiger charge is -2.35. The molecule has 0 bridgehead atoms. The molecule has 23 heavy (non-hydrogen) atoms. The van der Waals surface area contributed by atoms with Crippen molar-refractivity contribution in [1.29, 1.82) is 0 Å². The van der Waals surface area contributed by atoms with Gasteiger partial charge in [0.25, 0.3) is 0 Å². The summed E-state index contributed by atoms with van der Waals surface area (Å²) in [4.78, 5) is 14.2. The summed E-state index contributed by atoms with van der Waals surface area (Å²) in [6, 6.07) is 7.97. The van der Waals surface area contributed by atoms with Crippen LogP contribution < -0.4 is 14.8 Å². The van der Waals surface area contributed by atoms with Gasteiger partial charge in [-0.1, -0.05) is 13.0 Å². The average Bonchev–Trinajstić information content (AvgIpc) is 2.59. The number of likely N-dealkylation sites (tertiary alicyclic amines) is 1. The Kier molecular flexibility index (Phi) is 7.04. The molecule has 1 unspecified atom stereocenters. The summed E-state index contributed by atoms with van der Waals surface area (Å²) in [5.74, 6) is 1.56. The normalized spacial score (nSPS) is 17.7. The number of nitrogens with zero attached hydrogens (tertiary/aromatic N) is 1. The van der Waals surface area contributed by atoms with E-state index in [-0.39, 0.29) is 6.03 Å². The third-order valence-corrected chi connectivity index (χ3v) is 4.12. The highest BCUT2D eigenvalue weighted by atomic mass is 16.5. The molecule has 1 aromatic rings. The fourth-order valence-electron chi connectivity index (χ4n) is 2.94. The van der Waals surface area contributed by atoms with Gasteiger partial charge >= 0.3 is 6.03 Å². The van der Waals surface area contributed by atoms with Crippen LogP contribution in [-0.2, 0) is 0 Å². The Morgan fingerprint density at radius 2 is 2.04 bits per heavy atom. The number of urea groups is 1. The Hall–Kier alpha value is -1.91. The van der Waals surface area contributed by atoms with Crippen LogP contribution in [0.1, 0.15) is 39.5 Å². The predicted octanol–water partition coefficient (Wildman–Crippen LogP) is 3.44. The van der Waals surface area contributed by atoms with Gasteiger partial charge < -0.3 is 19.7 Å². The second kappa shape index (κ2) is 9.28. The molecule has 0 aromatic heterocycles. The largest absolute Gasteiger partial charge is 0.494 e.